The molecule has 7 fully saturated rings. The maximum atomic E-state index is 15.7. The number of thioether (sulfide) groups is 1. The fraction of sp³-hybridized carbons (Fsp3) is 0.813. The second-order valence-electron chi connectivity index (χ2n) is 31.7. The lowest BCUT2D eigenvalue weighted by molar-refractivity contribution is -0.158. The zero-order valence-electron chi connectivity index (χ0n) is 63.3. The second kappa shape index (κ2) is 36.6. The summed E-state index contributed by atoms with van der Waals surface area (Å²) in [7, 11) is 11.8. The van der Waals surface area contributed by atoms with Crippen LogP contribution in [0.25, 0.3) is 0 Å². The predicted molar refractivity (Wildman–Crippen MR) is 386 cm³/mol. The molecule has 13 atom stereocenters. The van der Waals surface area contributed by atoms with Crippen LogP contribution in [-0.2, 0) is 62.3 Å². The summed E-state index contributed by atoms with van der Waals surface area (Å²) in [5, 5.41) is 9.68. The van der Waals surface area contributed by atoms with Crippen LogP contribution in [0.5, 0.6) is 0 Å². The molecule has 0 aromatic heterocycles. The Labute approximate surface area is 609 Å². The molecule has 4 saturated carbocycles. The smallest absolute Gasteiger partial charge is 0.248 e. The SMILES string of the molecule is CCO[C@@H]1C[C@H]2C(=O)NC3(CCC3)C(=O)N(C)[C@@H](C3CCCC3)C(=O)N(C)[C@H](C(=O)N(C)C)CC(=O)N(C)[C@@H](CC(C)C)C(=O)N[C@@H]([C@@H](C)CC)C(=O)N(C)CC(=O)N(C)[C@H]3C/C=C\CCN(C3=O)[C@@H](CC3CCC(F)CC3)C(=O)N(C)CC(=O)N[C@@H](CCC3CCC4SCCC4C3)C(=O)N2C1. The molecule has 8 aliphatic rings. The van der Waals surface area contributed by atoms with Crippen LogP contribution in [0, 0.1) is 35.5 Å². The third kappa shape index (κ3) is 19.6. The number of likely N-dealkylation sites (N-methyl/N-ethyl adjacent to an activating group) is 7. The molecular weight excluding hydrogens is 1330 g/mol. The standard InChI is InChI=1S/C75H121FN12O13S/c1-14-47(5)64-72(98)82(9)45-63(91)83(10)55-24-17-16-20-36-87(71(55)97)59(40-49-25-29-52(76)30-26-49)70(96)81(8)44-61(89)77-54(31-27-48-28-32-60-51(39-48)33-37-102-60)68(94)88-43-53(101-15-2)41-57(88)67(93)79-75(34-21-35-75)74(100)86(13)65(50-22-18-19-23-50)73(99)85(12)58(69(95)80(6)7)42-62(90)84(11)56(38-46(3)4)66(92)78-64/h16-17,46-60,64-65H,14-15,18-45H2,1-13H3,(H,77,89)(H,78,92)(H,79,93)/b17-16-/t47-,48?,49?,51?,52?,53+,54-,55-,56-,57-,58-,59-,60?,64-,65-/m0/s1. The molecule has 572 valence electrons. The van der Waals surface area contributed by atoms with Crippen molar-refractivity contribution in [2.45, 2.75) is 260 Å². The van der Waals surface area contributed by atoms with Crippen LogP contribution in [0.3, 0.4) is 0 Å². The van der Waals surface area contributed by atoms with Crippen LogP contribution in [0.15, 0.2) is 12.2 Å². The van der Waals surface area contributed by atoms with Gasteiger partial charge in [-0.15, -0.1) is 0 Å². The normalized spacial score (nSPS) is 32.6. The molecule has 4 heterocycles. The van der Waals surface area contributed by atoms with Crippen LogP contribution >= 0.6 is 11.8 Å². The number of ether oxygens (including phenoxy) is 1. The van der Waals surface area contributed by atoms with E-state index in [1.807, 2.05) is 45.5 Å². The van der Waals surface area contributed by atoms with Gasteiger partial charge in [-0.05, 0) is 170 Å². The quantitative estimate of drug-likeness (QED) is 0.201. The van der Waals surface area contributed by atoms with E-state index in [1.54, 1.807) is 13.0 Å². The number of nitrogens with one attached hydrogen (secondary N) is 3. The zero-order valence-corrected chi connectivity index (χ0v) is 64.1. The molecule has 2 bridgehead atoms. The highest BCUT2D eigenvalue weighted by Crippen LogP contribution is 2.46. The van der Waals surface area contributed by atoms with E-state index in [0.29, 0.717) is 62.5 Å². The third-order valence-electron chi connectivity index (χ3n) is 23.9. The number of hydrogen-bond acceptors (Lipinski definition) is 14. The molecule has 27 heteroatoms. The first-order valence-electron chi connectivity index (χ1n) is 38.2. The van der Waals surface area contributed by atoms with Gasteiger partial charge in [0.15, 0.2) is 0 Å². The highest BCUT2D eigenvalue weighted by molar-refractivity contribution is 8.00. The first kappa shape index (κ1) is 81.3. The average Bonchev–Trinajstić information content (AvgIpc) is 1.12. The Morgan fingerprint density at radius 2 is 1.34 bits per heavy atom. The number of hydrogen-bond donors (Lipinski definition) is 3. The van der Waals surface area contributed by atoms with Crippen molar-refractivity contribution < 1.29 is 66.7 Å². The lowest BCUT2D eigenvalue weighted by Crippen LogP contribution is -2.68. The average molecular weight is 1450 g/mol. The van der Waals surface area contributed by atoms with Crippen LogP contribution in [-0.4, -0.2) is 281 Å². The van der Waals surface area contributed by atoms with E-state index in [1.165, 1.54) is 100 Å². The summed E-state index contributed by atoms with van der Waals surface area (Å²) in [5.41, 5.74) is -1.50. The molecule has 3 N–H and O–H groups in total. The zero-order chi connectivity index (χ0) is 74.6. The molecular formula is C75H121FN12O13S. The van der Waals surface area contributed by atoms with Gasteiger partial charge in [0.2, 0.25) is 70.9 Å². The monoisotopic (exact) mass is 1450 g/mol. The third-order valence-corrected chi connectivity index (χ3v) is 25.5. The minimum Gasteiger partial charge on any atom is -0.377 e. The molecule has 0 radical (unpaired) electrons. The molecule has 0 aromatic rings. The summed E-state index contributed by atoms with van der Waals surface area (Å²) in [6.07, 6.45) is 12.9. The van der Waals surface area contributed by atoms with Crippen molar-refractivity contribution in [3.63, 3.8) is 0 Å². The van der Waals surface area contributed by atoms with Crippen molar-refractivity contribution in [2.75, 3.05) is 94.9 Å². The van der Waals surface area contributed by atoms with Gasteiger partial charge in [0.25, 0.3) is 0 Å². The number of alkyl halides is 1. The van der Waals surface area contributed by atoms with Gasteiger partial charge in [-0.25, -0.2) is 4.39 Å². The number of halogens is 1. The Morgan fingerprint density at radius 3 is 1.98 bits per heavy atom. The Hall–Kier alpha value is -6.38. The molecule has 3 saturated heterocycles. The Morgan fingerprint density at radius 1 is 0.667 bits per heavy atom. The highest BCUT2D eigenvalue weighted by Gasteiger charge is 2.54. The lowest BCUT2D eigenvalue weighted by Gasteiger charge is -2.46. The molecule has 12 amide bonds. The summed E-state index contributed by atoms with van der Waals surface area (Å²) in [6, 6.07) is -9.55. The second-order valence-corrected chi connectivity index (χ2v) is 33.1. The molecule has 4 aliphatic heterocycles. The van der Waals surface area contributed by atoms with Gasteiger partial charge in [0.05, 0.1) is 25.6 Å². The Bertz CT molecular complexity index is 3030. The van der Waals surface area contributed by atoms with Crippen LogP contribution in [0.1, 0.15) is 189 Å². The molecule has 8 rings (SSSR count). The maximum Gasteiger partial charge on any atom is 0.248 e. The number of nitrogens with zero attached hydrogens (tertiary/aromatic N) is 9. The molecule has 1 spiro atoms. The van der Waals surface area contributed by atoms with E-state index in [-0.39, 0.29) is 101 Å². The largest absolute Gasteiger partial charge is 0.377 e. The minimum atomic E-state index is -1.50. The van der Waals surface area contributed by atoms with E-state index < -0.39 is 162 Å². The van der Waals surface area contributed by atoms with Crippen molar-refractivity contribution in [1.82, 2.24) is 60.0 Å². The number of carbonyl (C=O) groups excluding carboxylic acids is 12. The molecule has 0 aromatic carbocycles. The number of carbonyl (C=O) groups is 12. The van der Waals surface area contributed by atoms with Gasteiger partial charge >= 0.3 is 0 Å². The first-order chi connectivity index (χ1) is 48.4. The lowest BCUT2D eigenvalue weighted by atomic mass is 9.74. The van der Waals surface area contributed by atoms with Crippen LogP contribution in [0.4, 0.5) is 4.39 Å². The minimum absolute atomic E-state index is 0.00241. The summed E-state index contributed by atoms with van der Waals surface area (Å²) < 4.78 is 21.0. The van der Waals surface area contributed by atoms with Gasteiger partial charge in [-0.2, -0.15) is 11.8 Å². The molecule has 4 aliphatic carbocycles. The van der Waals surface area contributed by atoms with Gasteiger partial charge in [-0.1, -0.05) is 59.1 Å². The Kier molecular flexibility index (Phi) is 29.1. The number of fused-ring (bicyclic) bond motifs is 4. The van der Waals surface area contributed by atoms with Crippen molar-refractivity contribution in [3.05, 3.63) is 12.2 Å². The number of amides is 12. The number of rotatable bonds is 13. The predicted octanol–water partition coefficient (Wildman–Crippen LogP) is 5.17. The topological polar surface area (TPSA) is 279 Å². The fourth-order valence-corrected chi connectivity index (χ4v) is 18.8. The van der Waals surface area contributed by atoms with Crippen LogP contribution in [0.2, 0.25) is 0 Å². The van der Waals surface area contributed by atoms with E-state index in [2.05, 4.69) is 16.0 Å². The van der Waals surface area contributed by atoms with E-state index in [4.69, 9.17) is 4.74 Å². The maximum absolute atomic E-state index is 15.7. The van der Waals surface area contributed by atoms with Crippen LogP contribution < -0.4 is 16.0 Å². The van der Waals surface area contributed by atoms with Gasteiger partial charge < -0.3 is 64.8 Å². The Balaban J connectivity index is 1.18. The first-order valence-corrected chi connectivity index (χ1v) is 39.3. The van der Waals surface area contributed by atoms with E-state index >= 15 is 28.8 Å². The molecule has 102 heavy (non-hydrogen) atoms. The van der Waals surface area contributed by atoms with Gasteiger partial charge in [0.1, 0.15) is 60.0 Å². The van der Waals surface area contributed by atoms with Crippen molar-refractivity contribution in [1.29, 1.82) is 0 Å². The molecule has 25 nitrogen and oxygen atoms in total. The van der Waals surface area contributed by atoms with Crippen molar-refractivity contribution in [2.24, 2.45) is 35.5 Å². The van der Waals surface area contributed by atoms with E-state index in [9.17, 15) is 33.2 Å². The highest BCUT2D eigenvalue weighted by atomic mass is 32.2. The van der Waals surface area contributed by atoms with E-state index in [0.717, 1.165) is 44.3 Å². The summed E-state index contributed by atoms with van der Waals surface area (Å²) in [5.74, 6) is -6.38. The summed E-state index contributed by atoms with van der Waals surface area (Å²) in [4.78, 5) is 193. The van der Waals surface area contributed by atoms with Crippen molar-refractivity contribution >= 4 is 82.6 Å². The summed E-state index contributed by atoms with van der Waals surface area (Å²) >= 11 is 2.02. The molecule has 3 unspecified atom stereocenters. The van der Waals surface area contributed by atoms with Gasteiger partial charge in [-0.3, -0.25) is 57.5 Å². The fourth-order valence-electron chi connectivity index (χ4n) is 17.2. The van der Waals surface area contributed by atoms with Gasteiger partial charge in [0, 0.05) is 87.7 Å². The summed E-state index contributed by atoms with van der Waals surface area (Å²) in [6.45, 7) is 8.50. The van der Waals surface area contributed by atoms with Crippen molar-refractivity contribution in [3.8, 4) is 0 Å².